The number of aromatic nitrogens is 3. The molecule has 1 fully saturated rings. The number of carbonyl (C=O) groups excluding carboxylic acids is 1. The van der Waals surface area contributed by atoms with Crippen LogP contribution < -0.4 is 5.32 Å². The Bertz CT molecular complexity index is 1400. The Morgan fingerprint density at radius 3 is 2.54 bits per heavy atom. The van der Waals surface area contributed by atoms with E-state index in [2.05, 4.69) is 44.7 Å². The van der Waals surface area contributed by atoms with Crippen molar-refractivity contribution in [2.24, 2.45) is 0 Å². The van der Waals surface area contributed by atoms with Crippen LogP contribution in [0.25, 0.3) is 17.3 Å². The van der Waals surface area contributed by atoms with E-state index in [1.54, 1.807) is 22.8 Å². The fraction of sp³-hybridized carbons (Fsp3) is 0.367. The second kappa shape index (κ2) is 13.4. The summed E-state index contributed by atoms with van der Waals surface area (Å²) >= 11 is 1.39. The van der Waals surface area contributed by atoms with Crippen molar-refractivity contribution in [1.29, 1.82) is 0 Å². The number of alkyl halides is 3. The van der Waals surface area contributed by atoms with Crippen molar-refractivity contribution in [1.82, 2.24) is 25.0 Å². The maximum absolute atomic E-state index is 13.4. The first-order valence-corrected chi connectivity index (χ1v) is 14.7. The molecule has 1 N–H and O–H groups in total. The molecular weight excluding hydrogens is 551 g/mol. The maximum Gasteiger partial charge on any atom is 0.416 e. The average molecular weight is 584 g/mol. The van der Waals surface area contributed by atoms with Crippen LogP contribution in [0.15, 0.2) is 82.6 Å². The first-order chi connectivity index (χ1) is 19.9. The highest BCUT2D eigenvalue weighted by Crippen LogP contribution is 2.33. The summed E-state index contributed by atoms with van der Waals surface area (Å²) in [5.74, 6) is 1.43. The summed E-state index contributed by atoms with van der Waals surface area (Å²) in [5.41, 5.74) is 0.851. The molecule has 1 amide bonds. The highest BCUT2D eigenvalue weighted by molar-refractivity contribution is 7.99. The third kappa shape index (κ3) is 7.80. The van der Waals surface area contributed by atoms with Crippen molar-refractivity contribution in [2.45, 2.75) is 56.0 Å². The second-order valence-corrected chi connectivity index (χ2v) is 11.1. The Morgan fingerprint density at radius 2 is 1.80 bits per heavy atom. The molecule has 3 heterocycles. The fourth-order valence-electron chi connectivity index (χ4n) is 4.91. The number of piperidine rings is 1. The van der Waals surface area contributed by atoms with Gasteiger partial charge in [-0.2, -0.15) is 13.2 Å². The number of carbonyl (C=O) groups is 1. The van der Waals surface area contributed by atoms with Crippen LogP contribution in [-0.4, -0.2) is 50.5 Å². The van der Waals surface area contributed by atoms with Gasteiger partial charge in [-0.3, -0.25) is 14.3 Å². The number of benzene rings is 2. The Balaban J connectivity index is 1.10. The van der Waals surface area contributed by atoms with Crippen LogP contribution in [0.2, 0.25) is 0 Å². The largest absolute Gasteiger partial charge is 0.461 e. The molecule has 216 valence electrons. The number of thioether (sulfide) groups is 1. The molecule has 0 spiro atoms. The standard InChI is InChI=1S/C30H32F3N5O2S/c31-30(32,33)23-10-6-11-25(20-23)38-28(26-12-7-18-40-26)35-36-29(38)41-19-5-4-13-27(39)34-24-14-16-37(17-15-24)21-22-8-2-1-3-9-22/h1-3,6-12,18,20,24H,4-5,13-17,19,21H2,(H,34,39). The molecule has 1 aliphatic heterocycles. The topological polar surface area (TPSA) is 76.2 Å². The molecule has 4 aromatic rings. The van der Waals surface area contributed by atoms with Gasteiger partial charge in [0.2, 0.25) is 11.7 Å². The van der Waals surface area contributed by atoms with Gasteiger partial charge in [0.25, 0.3) is 0 Å². The van der Waals surface area contributed by atoms with Gasteiger partial charge in [-0.15, -0.1) is 10.2 Å². The third-order valence-corrected chi connectivity index (χ3v) is 8.05. The van der Waals surface area contributed by atoms with E-state index >= 15 is 0 Å². The zero-order valence-electron chi connectivity index (χ0n) is 22.5. The van der Waals surface area contributed by atoms with Gasteiger partial charge in [0.05, 0.1) is 17.5 Å². The summed E-state index contributed by atoms with van der Waals surface area (Å²) in [4.78, 5) is 15.0. The van der Waals surface area contributed by atoms with Crippen molar-refractivity contribution in [3.8, 4) is 17.3 Å². The predicted octanol–water partition coefficient (Wildman–Crippen LogP) is 6.59. The van der Waals surface area contributed by atoms with Crippen molar-refractivity contribution in [3.63, 3.8) is 0 Å². The average Bonchev–Trinajstić information content (AvgIpc) is 3.64. The van der Waals surface area contributed by atoms with Crippen LogP contribution in [0.4, 0.5) is 13.2 Å². The lowest BCUT2D eigenvalue weighted by Gasteiger charge is -2.32. The number of nitrogens with one attached hydrogen (secondary N) is 1. The minimum Gasteiger partial charge on any atom is -0.461 e. The van der Waals surface area contributed by atoms with Gasteiger partial charge in [0.1, 0.15) is 0 Å². The third-order valence-electron chi connectivity index (χ3n) is 7.04. The molecule has 5 rings (SSSR count). The quantitative estimate of drug-likeness (QED) is 0.159. The summed E-state index contributed by atoms with van der Waals surface area (Å²) in [6.45, 7) is 2.86. The van der Waals surface area contributed by atoms with Crippen LogP contribution in [0.5, 0.6) is 0 Å². The van der Waals surface area contributed by atoms with Crippen LogP contribution in [-0.2, 0) is 17.5 Å². The van der Waals surface area contributed by atoms with Crippen LogP contribution >= 0.6 is 11.8 Å². The Hall–Kier alpha value is -3.57. The number of rotatable bonds is 11. The molecule has 0 saturated carbocycles. The van der Waals surface area contributed by atoms with E-state index in [9.17, 15) is 18.0 Å². The summed E-state index contributed by atoms with van der Waals surface area (Å²) in [7, 11) is 0. The number of hydrogen-bond donors (Lipinski definition) is 1. The monoisotopic (exact) mass is 583 g/mol. The van der Waals surface area contributed by atoms with Crippen molar-refractivity contribution < 1.29 is 22.4 Å². The summed E-state index contributed by atoms with van der Waals surface area (Å²) < 4.78 is 47.2. The SMILES string of the molecule is O=C(CCCCSc1nnc(-c2ccco2)n1-c1cccc(C(F)(F)F)c1)NC1CCN(Cc2ccccc2)CC1. The highest BCUT2D eigenvalue weighted by Gasteiger charge is 2.31. The summed E-state index contributed by atoms with van der Waals surface area (Å²) in [5, 5.41) is 12.1. The molecule has 0 unspecified atom stereocenters. The molecule has 2 aromatic carbocycles. The molecule has 41 heavy (non-hydrogen) atoms. The number of halogens is 3. The van der Waals surface area contributed by atoms with Crippen molar-refractivity contribution >= 4 is 17.7 Å². The van der Waals surface area contributed by atoms with Gasteiger partial charge in [0, 0.05) is 37.8 Å². The van der Waals surface area contributed by atoms with Crippen LogP contribution in [0.1, 0.15) is 43.2 Å². The lowest BCUT2D eigenvalue weighted by molar-refractivity contribution is -0.137. The van der Waals surface area contributed by atoms with E-state index in [0.29, 0.717) is 41.0 Å². The first-order valence-electron chi connectivity index (χ1n) is 13.7. The maximum atomic E-state index is 13.4. The van der Waals surface area contributed by atoms with Gasteiger partial charge >= 0.3 is 6.18 Å². The zero-order valence-corrected chi connectivity index (χ0v) is 23.3. The zero-order chi connectivity index (χ0) is 28.7. The Morgan fingerprint density at radius 1 is 1.00 bits per heavy atom. The molecular formula is C30H32F3N5O2S. The first kappa shape index (κ1) is 28.9. The number of nitrogens with zero attached hydrogens (tertiary/aromatic N) is 4. The number of hydrogen-bond acceptors (Lipinski definition) is 6. The van der Waals surface area contributed by atoms with E-state index in [0.717, 1.165) is 51.0 Å². The minimum atomic E-state index is -4.47. The van der Waals surface area contributed by atoms with Gasteiger partial charge < -0.3 is 9.73 Å². The molecule has 0 aliphatic carbocycles. The van der Waals surface area contributed by atoms with E-state index in [-0.39, 0.29) is 11.9 Å². The smallest absolute Gasteiger partial charge is 0.416 e. The Kier molecular flexibility index (Phi) is 9.45. The van der Waals surface area contributed by atoms with E-state index in [1.165, 1.54) is 29.7 Å². The molecule has 1 saturated heterocycles. The molecule has 2 aromatic heterocycles. The van der Waals surface area contributed by atoms with Crippen molar-refractivity contribution in [2.75, 3.05) is 18.8 Å². The van der Waals surface area contributed by atoms with Gasteiger partial charge in [-0.05, 0) is 61.6 Å². The summed E-state index contributed by atoms with van der Waals surface area (Å²) in [6.07, 6.45) is 0.778. The van der Waals surface area contributed by atoms with E-state index in [1.807, 2.05) is 6.07 Å². The minimum absolute atomic E-state index is 0.0590. The van der Waals surface area contributed by atoms with Gasteiger partial charge in [-0.25, -0.2) is 0 Å². The van der Waals surface area contributed by atoms with Gasteiger partial charge in [-0.1, -0.05) is 48.2 Å². The van der Waals surface area contributed by atoms with Crippen LogP contribution in [0, 0.1) is 0 Å². The molecule has 7 nitrogen and oxygen atoms in total. The molecule has 0 atom stereocenters. The van der Waals surface area contributed by atoms with Crippen molar-refractivity contribution in [3.05, 3.63) is 84.1 Å². The number of amides is 1. The van der Waals surface area contributed by atoms with Crippen LogP contribution in [0.3, 0.4) is 0 Å². The lowest BCUT2D eigenvalue weighted by Crippen LogP contribution is -2.44. The molecule has 1 aliphatic rings. The van der Waals surface area contributed by atoms with Gasteiger partial charge in [0.15, 0.2) is 10.9 Å². The number of likely N-dealkylation sites (tertiary alicyclic amines) is 1. The lowest BCUT2D eigenvalue weighted by atomic mass is 10.0. The molecule has 0 bridgehead atoms. The summed E-state index contributed by atoms with van der Waals surface area (Å²) in [6, 6.07) is 19.1. The molecule has 11 heteroatoms. The Labute approximate surface area is 241 Å². The van der Waals surface area contributed by atoms with E-state index < -0.39 is 11.7 Å². The molecule has 0 radical (unpaired) electrons. The number of unbranched alkanes of at least 4 members (excludes halogenated alkanes) is 1. The second-order valence-electron chi connectivity index (χ2n) is 10.1. The predicted molar refractivity (Wildman–Crippen MR) is 152 cm³/mol. The normalized spacial score (nSPS) is 14.8. The fourth-order valence-corrected chi connectivity index (χ4v) is 5.86. The highest BCUT2D eigenvalue weighted by atomic mass is 32.2. The van der Waals surface area contributed by atoms with E-state index in [4.69, 9.17) is 4.42 Å². The number of furan rings is 1.